The maximum Gasteiger partial charge on any atom is 0.260 e. The number of aromatic amines is 1. The minimum Gasteiger partial charge on any atom is -0.379 e. The molecule has 1 aliphatic rings. The van der Waals surface area contributed by atoms with E-state index in [9.17, 15) is 9.59 Å². The van der Waals surface area contributed by atoms with Crippen LogP contribution in [0.1, 0.15) is 10.4 Å². The number of ether oxygens (including phenoxy) is 1. The van der Waals surface area contributed by atoms with Gasteiger partial charge in [-0.2, -0.15) is 0 Å². The fourth-order valence-electron chi connectivity index (χ4n) is 1.81. The number of rotatable bonds is 3. The maximum atomic E-state index is 11.7. The molecule has 1 saturated heterocycles. The fraction of sp³-hybridized carbons (Fsp3) is 0.429. The van der Waals surface area contributed by atoms with Crippen LogP contribution < -0.4 is 10.9 Å². The van der Waals surface area contributed by atoms with E-state index in [1.165, 1.54) is 12.3 Å². The van der Waals surface area contributed by atoms with E-state index >= 15 is 0 Å². The van der Waals surface area contributed by atoms with Gasteiger partial charge >= 0.3 is 0 Å². The maximum absolute atomic E-state index is 11.7. The first-order valence-electron chi connectivity index (χ1n) is 6.49. The number of aromatic nitrogens is 1. The zero-order valence-electron chi connectivity index (χ0n) is 11.1. The second-order valence-corrected chi connectivity index (χ2v) is 4.34. The summed E-state index contributed by atoms with van der Waals surface area (Å²) in [6, 6.07) is 3.09. The van der Waals surface area contributed by atoms with Gasteiger partial charge in [-0.25, -0.2) is 0 Å². The molecule has 0 aromatic carbocycles. The largest absolute Gasteiger partial charge is 0.379 e. The Morgan fingerprint density at radius 3 is 2.95 bits per heavy atom. The number of pyridine rings is 1. The molecule has 0 unspecified atom stereocenters. The summed E-state index contributed by atoms with van der Waals surface area (Å²) in [7, 11) is 0. The molecule has 1 aromatic heterocycles. The number of nitrogens with one attached hydrogen (secondary N) is 2. The van der Waals surface area contributed by atoms with Gasteiger partial charge in [0, 0.05) is 19.3 Å². The average molecular weight is 275 g/mol. The van der Waals surface area contributed by atoms with E-state index in [1.807, 2.05) is 0 Å². The Morgan fingerprint density at radius 1 is 1.40 bits per heavy atom. The molecule has 0 atom stereocenters. The summed E-state index contributed by atoms with van der Waals surface area (Å²) in [6.45, 7) is 4.17. The topological polar surface area (TPSA) is 74.4 Å². The normalized spacial score (nSPS) is 15.2. The number of hydrogen-bond donors (Lipinski definition) is 2. The molecule has 0 spiro atoms. The van der Waals surface area contributed by atoms with Crippen LogP contribution >= 0.6 is 0 Å². The third-order valence-corrected chi connectivity index (χ3v) is 2.93. The van der Waals surface area contributed by atoms with Crippen LogP contribution in [0.3, 0.4) is 0 Å². The van der Waals surface area contributed by atoms with Crippen molar-refractivity contribution in [2.75, 3.05) is 39.4 Å². The molecule has 2 heterocycles. The van der Waals surface area contributed by atoms with Crippen molar-refractivity contribution >= 4 is 5.91 Å². The second-order valence-electron chi connectivity index (χ2n) is 4.34. The molecule has 6 nitrogen and oxygen atoms in total. The Labute approximate surface area is 117 Å². The molecule has 20 heavy (non-hydrogen) atoms. The lowest BCUT2D eigenvalue weighted by Crippen LogP contribution is -2.36. The van der Waals surface area contributed by atoms with Crippen LogP contribution in [0.4, 0.5) is 0 Å². The number of carbonyl (C=O) groups excluding carboxylic acids is 1. The molecule has 1 amide bonds. The molecular formula is C14H17N3O3. The molecule has 2 N–H and O–H groups in total. The highest BCUT2D eigenvalue weighted by atomic mass is 16.5. The van der Waals surface area contributed by atoms with E-state index in [2.05, 4.69) is 27.0 Å². The summed E-state index contributed by atoms with van der Waals surface area (Å²) in [5.74, 6) is 5.46. The summed E-state index contributed by atoms with van der Waals surface area (Å²) in [4.78, 5) is 27.7. The van der Waals surface area contributed by atoms with Gasteiger partial charge in [0.05, 0.1) is 26.3 Å². The van der Waals surface area contributed by atoms with E-state index in [0.717, 1.165) is 26.3 Å². The summed E-state index contributed by atoms with van der Waals surface area (Å²) >= 11 is 0. The first-order chi connectivity index (χ1) is 9.77. The van der Waals surface area contributed by atoms with Crippen LogP contribution in [0, 0.1) is 11.8 Å². The van der Waals surface area contributed by atoms with Crippen LogP contribution in [-0.2, 0) is 4.74 Å². The van der Waals surface area contributed by atoms with Gasteiger partial charge in [0.2, 0.25) is 0 Å². The minimum atomic E-state index is -0.410. The smallest absolute Gasteiger partial charge is 0.260 e. The Hall–Kier alpha value is -2.10. The van der Waals surface area contributed by atoms with Crippen molar-refractivity contribution in [2.45, 2.75) is 0 Å². The van der Waals surface area contributed by atoms with Gasteiger partial charge in [-0.1, -0.05) is 11.8 Å². The van der Waals surface area contributed by atoms with Crippen molar-refractivity contribution in [1.82, 2.24) is 15.2 Å². The summed E-state index contributed by atoms with van der Waals surface area (Å²) in [5.41, 5.74) is -0.297. The molecule has 1 aliphatic heterocycles. The Balaban J connectivity index is 1.74. The first kappa shape index (κ1) is 14.3. The Kier molecular flexibility index (Phi) is 5.35. The fourth-order valence-corrected chi connectivity index (χ4v) is 1.81. The summed E-state index contributed by atoms with van der Waals surface area (Å²) < 4.78 is 5.24. The van der Waals surface area contributed by atoms with Gasteiger partial charge in [-0.15, -0.1) is 0 Å². The summed E-state index contributed by atoms with van der Waals surface area (Å²) in [6.07, 6.45) is 1.49. The van der Waals surface area contributed by atoms with Crippen molar-refractivity contribution in [2.24, 2.45) is 0 Å². The lowest BCUT2D eigenvalue weighted by Gasteiger charge is -2.24. The molecule has 106 valence electrons. The van der Waals surface area contributed by atoms with Crippen LogP contribution in [0.25, 0.3) is 0 Å². The zero-order chi connectivity index (χ0) is 14.2. The van der Waals surface area contributed by atoms with Crippen molar-refractivity contribution in [3.63, 3.8) is 0 Å². The van der Waals surface area contributed by atoms with Gasteiger partial charge < -0.3 is 15.0 Å². The quantitative estimate of drug-likeness (QED) is 0.725. The van der Waals surface area contributed by atoms with E-state index in [0.29, 0.717) is 6.54 Å². The Morgan fingerprint density at radius 2 is 2.20 bits per heavy atom. The minimum absolute atomic E-state index is 0.0995. The molecule has 0 saturated carbocycles. The highest BCUT2D eigenvalue weighted by molar-refractivity contribution is 5.93. The van der Waals surface area contributed by atoms with Crippen LogP contribution in [0.2, 0.25) is 0 Å². The molecule has 6 heteroatoms. The molecule has 0 radical (unpaired) electrons. The van der Waals surface area contributed by atoms with Crippen molar-refractivity contribution in [1.29, 1.82) is 0 Å². The van der Waals surface area contributed by atoms with Crippen molar-refractivity contribution in [3.8, 4) is 11.8 Å². The van der Waals surface area contributed by atoms with Gasteiger partial charge in [-0.05, 0) is 12.1 Å². The van der Waals surface area contributed by atoms with Crippen LogP contribution in [0.15, 0.2) is 23.1 Å². The number of carbonyl (C=O) groups is 1. The predicted molar refractivity (Wildman–Crippen MR) is 74.4 cm³/mol. The van der Waals surface area contributed by atoms with E-state index in [4.69, 9.17) is 4.74 Å². The lowest BCUT2D eigenvalue weighted by atomic mass is 10.2. The predicted octanol–water partition coefficient (Wildman–Crippen LogP) is -0.560. The number of nitrogens with zero attached hydrogens (tertiary/aromatic N) is 1. The summed E-state index contributed by atoms with van der Waals surface area (Å²) in [5, 5.41) is 2.60. The van der Waals surface area contributed by atoms with E-state index in [-0.39, 0.29) is 12.1 Å². The second kappa shape index (κ2) is 7.48. The van der Waals surface area contributed by atoms with Gasteiger partial charge in [0.1, 0.15) is 5.56 Å². The number of amides is 1. The SMILES string of the molecule is O=C(NCC#CCN1CCOCC1)c1ccc[nH]c1=O. The molecule has 1 fully saturated rings. The van der Waals surface area contributed by atoms with Crippen LogP contribution in [-0.4, -0.2) is 55.2 Å². The van der Waals surface area contributed by atoms with Gasteiger partial charge in [-0.3, -0.25) is 14.5 Å². The van der Waals surface area contributed by atoms with Crippen LogP contribution in [0.5, 0.6) is 0 Å². The van der Waals surface area contributed by atoms with Gasteiger partial charge in [0.15, 0.2) is 0 Å². The lowest BCUT2D eigenvalue weighted by molar-refractivity contribution is 0.0443. The number of hydrogen-bond acceptors (Lipinski definition) is 4. The first-order valence-corrected chi connectivity index (χ1v) is 6.49. The standard InChI is InChI=1S/C14H17N3O3/c18-13(12-4-3-6-16-14(12)19)15-5-1-2-7-17-8-10-20-11-9-17/h3-4,6H,5,7-11H2,(H,15,18)(H,16,19). The third-order valence-electron chi connectivity index (χ3n) is 2.93. The number of H-pyrrole nitrogens is 1. The highest BCUT2D eigenvalue weighted by Gasteiger charge is 2.08. The van der Waals surface area contributed by atoms with Crippen molar-refractivity contribution in [3.05, 3.63) is 34.2 Å². The molecule has 0 bridgehead atoms. The monoisotopic (exact) mass is 275 g/mol. The highest BCUT2D eigenvalue weighted by Crippen LogP contribution is 1.94. The van der Waals surface area contributed by atoms with Gasteiger partial charge in [0.25, 0.3) is 11.5 Å². The number of morpholine rings is 1. The molecule has 1 aromatic rings. The molecule has 0 aliphatic carbocycles. The average Bonchev–Trinajstić information content (AvgIpc) is 2.48. The van der Waals surface area contributed by atoms with E-state index in [1.54, 1.807) is 6.07 Å². The van der Waals surface area contributed by atoms with Crippen molar-refractivity contribution < 1.29 is 9.53 Å². The zero-order valence-corrected chi connectivity index (χ0v) is 11.1. The Bertz CT molecular complexity index is 565. The molecule has 2 rings (SSSR count). The van der Waals surface area contributed by atoms with E-state index < -0.39 is 11.5 Å². The molecular weight excluding hydrogens is 258 g/mol. The third kappa shape index (κ3) is 4.23.